The van der Waals surface area contributed by atoms with Gasteiger partial charge in [-0.2, -0.15) is 0 Å². The molecule has 2 aliphatic heterocycles. The zero-order chi connectivity index (χ0) is 21.2. The van der Waals surface area contributed by atoms with Gasteiger partial charge in [0.25, 0.3) is 0 Å². The second-order valence-electron chi connectivity index (χ2n) is 9.01. The summed E-state index contributed by atoms with van der Waals surface area (Å²) in [6.45, 7) is 6.44. The van der Waals surface area contributed by atoms with Gasteiger partial charge in [0, 0.05) is 50.3 Å². The van der Waals surface area contributed by atoms with Crippen LogP contribution >= 0.6 is 0 Å². The molecule has 5 rings (SSSR count). The molecule has 1 atom stereocenters. The van der Waals surface area contributed by atoms with Crippen molar-refractivity contribution in [2.75, 3.05) is 44.3 Å². The largest absolute Gasteiger partial charge is 0.378 e. The van der Waals surface area contributed by atoms with Crippen molar-refractivity contribution < 1.29 is 14.1 Å². The molecule has 2 saturated heterocycles. The molecular formula is C23H31N5O3. The van der Waals surface area contributed by atoms with Crippen molar-refractivity contribution in [2.45, 2.75) is 51.4 Å². The standard InChI is InChI=1S/C23H31N5O3/c1-16-13-20(31-26-16)19-14-24-23(27-9-11-30-12-10-27)25-21(19)18-7-4-8-28(15-18)22(29)17-5-2-3-6-17/h13-14,17-18H,2-12,15H2,1H3. The van der Waals surface area contributed by atoms with Gasteiger partial charge in [0.2, 0.25) is 11.9 Å². The number of nitrogens with zero attached hydrogens (tertiary/aromatic N) is 5. The van der Waals surface area contributed by atoms with Gasteiger partial charge in [0.1, 0.15) is 0 Å². The van der Waals surface area contributed by atoms with Gasteiger partial charge >= 0.3 is 0 Å². The molecule has 0 N–H and O–H groups in total. The monoisotopic (exact) mass is 425 g/mol. The number of carbonyl (C=O) groups is 1. The van der Waals surface area contributed by atoms with Crippen molar-refractivity contribution in [3.8, 4) is 11.3 Å². The van der Waals surface area contributed by atoms with Crippen LogP contribution in [0.25, 0.3) is 11.3 Å². The van der Waals surface area contributed by atoms with E-state index in [1.54, 1.807) is 0 Å². The van der Waals surface area contributed by atoms with Crippen LogP contribution in [-0.4, -0.2) is 65.3 Å². The van der Waals surface area contributed by atoms with E-state index in [1.165, 1.54) is 12.8 Å². The van der Waals surface area contributed by atoms with E-state index in [2.05, 4.69) is 19.9 Å². The quantitative estimate of drug-likeness (QED) is 0.744. The van der Waals surface area contributed by atoms with Gasteiger partial charge in [0.05, 0.1) is 30.2 Å². The van der Waals surface area contributed by atoms with Crippen LogP contribution < -0.4 is 4.90 Å². The number of aromatic nitrogens is 3. The summed E-state index contributed by atoms with van der Waals surface area (Å²) in [5.74, 6) is 2.14. The zero-order valence-electron chi connectivity index (χ0n) is 18.3. The molecule has 1 aliphatic carbocycles. The number of carbonyl (C=O) groups excluding carboxylic acids is 1. The Kier molecular flexibility index (Phi) is 5.89. The number of anilines is 1. The van der Waals surface area contributed by atoms with Gasteiger partial charge in [-0.3, -0.25) is 4.79 Å². The van der Waals surface area contributed by atoms with E-state index in [0.29, 0.717) is 24.9 Å². The van der Waals surface area contributed by atoms with E-state index in [1.807, 2.05) is 19.2 Å². The van der Waals surface area contributed by atoms with Crippen molar-refractivity contribution in [1.29, 1.82) is 0 Å². The highest BCUT2D eigenvalue weighted by molar-refractivity contribution is 5.79. The molecule has 1 saturated carbocycles. The van der Waals surface area contributed by atoms with Crippen molar-refractivity contribution in [3.63, 3.8) is 0 Å². The number of ether oxygens (including phenoxy) is 1. The van der Waals surface area contributed by atoms with Crippen molar-refractivity contribution >= 4 is 11.9 Å². The maximum atomic E-state index is 13.1. The second kappa shape index (κ2) is 8.94. The first-order valence-electron chi connectivity index (χ1n) is 11.6. The molecule has 0 radical (unpaired) electrons. The number of aryl methyl sites for hydroxylation is 1. The fraction of sp³-hybridized carbons (Fsp3) is 0.652. The summed E-state index contributed by atoms with van der Waals surface area (Å²) in [5, 5.41) is 4.06. The van der Waals surface area contributed by atoms with E-state index < -0.39 is 0 Å². The van der Waals surface area contributed by atoms with Crippen molar-refractivity contribution in [3.05, 3.63) is 23.7 Å². The van der Waals surface area contributed by atoms with Gasteiger partial charge in [0.15, 0.2) is 5.76 Å². The lowest BCUT2D eigenvalue weighted by molar-refractivity contribution is -0.136. The van der Waals surface area contributed by atoms with Crippen molar-refractivity contribution in [2.24, 2.45) is 5.92 Å². The highest BCUT2D eigenvalue weighted by Gasteiger charge is 2.33. The maximum Gasteiger partial charge on any atom is 0.225 e. The van der Waals surface area contributed by atoms with E-state index in [9.17, 15) is 4.79 Å². The summed E-state index contributed by atoms with van der Waals surface area (Å²) in [6, 6.07) is 1.93. The highest BCUT2D eigenvalue weighted by Crippen LogP contribution is 2.36. The molecule has 1 amide bonds. The molecule has 4 heterocycles. The predicted octanol–water partition coefficient (Wildman–Crippen LogP) is 3.17. The predicted molar refractivity (Wildman–Crippen MR) is 116 cm³/mol. The first-order chi connectivity index (χ1) is 15.2. The Labute approximate surface area is 183 Å². The zero-order valence-corrected chi connectivity index (χ0v) is 18.3. The summed E-state index contributed by atoms with van der Waals surface area (Å²) in [4.78, 5) is 27.0. The minimum absolute atomic E-state index is 0.169. The average Bonchev–Trinajstić information content (AvgIpc) is 3.51. The molecule has 2 aromatic heterocycles. The third kappa shape index (κ3) is 4.31. The Morgan fingerprint density at radius 1 is 1.10 bits per heavy atom. The van der Waals surface area contributed by atoms with Gasteiger partial charge < -0.3 is 19.1 Å². The highest BCUT2D eigenvalue weighted by atomic mass is 16.5. The number of rotatable bonds is 4. The van der Waals surface area contributed by atoms with Crippen LogP contribution in [0.15, 0.2) is 16.8 Å². The lowest BCUT2D eigenvalue weighted by atomic mass is 9.90. The topological polar surface area (TPSA) is 84.6 Å². The van der Waals surface area contributed by atoms with E-state index in [-0.39, 0.29) is 11.8 Å². The summed E-state index contributed by atoms with van der Waals surface area (Å²) < 4.78 is 11.1. The Hall–Kier alpha value is -2.48. The number of likely N-dealkylation sites (tertiary alicyclic amines) is 1. The molecule has 1 unspecified atom stereocenters. The number of piperidine rings is 1. The molecular weight excluding hydrogens is 394 g/mol. The number of hydrogen-bond donors (Lipinski definition) is 0. The van der Waals surface area contributed by atoms with E-state index >= 15 is 0 Å². The third-order valence-electron chi connectivity index (χ3n) is 6.82. The Morgan fingerprint density at radius 2 is 1.90 bits per heavy atom. The molecule has 31 heavy (non-hydrogen) atoms. The molecule has 0 aromatic carbocycles. The van der Waals surface area contributed by atoms with Crippen LogP contribution in [-0.2, 0) is 9.53 Å². The summed E-state index contributed by atoms with van der Waals surface area (Å²) >= 11 is 0. The van der Waals surface area contributed by atoms with Gasteiger partial charge in [-0.25, -0.2) is 9.97 Å². The summed E-state index contributed by atoms with van der Waals surface area (Å²) in [7, 11) is 0. The smallest absolute Gasteiger partial charge is 0.225 e. The lowest BCUT2D eigenvalue weighted by Gasteiger charge is -2.35. The summed E-state index contributed by atoms with van der Waals surface area (Å²) in [6.07, 6.45) is 8.30. The Balaban J connectivity index is 1.45. The van der Waals surface area contributed by atoms with E-state index in [0.717, 1.165) is 74.8 Å². The molecule has 0 spiro atoms. The molecule has 2 aromatic rings. The third-order valence-corrected chi connectivity index (χ3v) is 6.82. The normalized spacial score (nSPS) is 22.8. The minimum atomic E-state index is 0.169. The minimum Gasteiger partial charge on any atom is -0.378 e. The molecule has 3 aliphatic rings. The fourth-order valence-corrected chi connectivity index (χ4v) is 5.12. The molecule has 3 fully saturated rings. The van der Waals surface area contributed by atoms with Crippen LogP contribution in [0.2, 0.25) is 0 Å². The van der Waals surface area contributed by atoms with Crippen LogP contribution in [0.1, 0.15) is 55.8 Å². The van der Waals surface area contributed by atoms with E-state index in [4.69, 9.17) is 14.2 Å². The van der Waals surface area contributed by atoms with Crippen molar-refractivity contribution in [1.82, 2.24) is 20.0 Å². The lowest BCUT2D eigenvalue weighted by Crippen LogP contribution is -2.42. The van der Waals surface area contributed by atoms with Gasteiger partial charge in [-0.1, -0.05) is 18.0 Å². The first-order valence-corrected chi connectivity index (χ1v) is 11.6. The SMILES string of the molecule is Cc1cc(-c2cnc(N3CCOCC3)nc2C2CCCN(C(=O)C3CCCC3)C2)on1. The Bertz CT molecular complexity index is 918. The molecule has 0 bridgehead atoms. The average molecular weight is 426 g/mol. The molecule has 8 heteroatoms. The van der Waals surface area contributed by atoms with Crippen LogP contribution in [0, 0.1) is 12.8 Å². The number of hydrogen-bond acceptors (Lipinski definition) is 7. The number of morpholine rings is 1. The maximum absolute atomic E-state index is 13.1. The van der Waals surface area contributed by atoms with Gasteiger partial charge in [-0.05, 0) is 32.6 Å². The van der Waals surface area contributed by atoms with Crippen LogP contribution in [0.3, 0.4) is 0 Å². The first kappa shape index (κ1) is 20.4. The Morgan fingerprint density at radius 3 is 2.65 bits per heavy atom. The molecule has 8 nitrogen and oxygen atoms in total. The van der Waals surface area contributed by atoms with Crippen LogP contribution in [0.4, 0.5) is 5.95 Å². The summed E-state index contributed by atoms with van der Waals surface area (Å²) in [5.41, 5.74) is 2.69. The second-order valence-corrected chi connectivity index (χ2v) is 9.01. The molecule has 166 valence electrons. The fourth-order valence-electron chi connectivity index (χ4n) is 5.12. The number of amides is 1. The van der Waals surface area contributed by atoms with Crippen LogP contribution in [0.5, 0.6) is 0 Å². The van der Waals surface area contributed by atoms with Gasteiger partial charge in [-0.15, -0.1) is 0 Å².